The molecule has 0 spiro atoms. The average Bonchev–Trinajstić information content (AvgIpc) is 2.84. The molecule has 96 valence electrons. The zero-order chi connectivity index (χ0) is 12.1. The Morgan fingerprint density at radius 2 is 2.06 bits per heavy atom. The molecule has 1 heterocycles. The monoisotopic (exact) mass is 239 g/mol. The van der Waals surface area contributed by atoms with Crippen LogP contribution < -0.4 is 5.73 Å². The molecule has 1 aromatic heterocycles. The molecule has 5 heteroatoms. The van der Waals surface area contributed by atoms with E-state index in [-0.39, 0.29) is 6.10 Å². The second kappa shape index (κ2) is 6.12. The minimum Gasteiger partial charge on any atom is -0.423 e. The molecule has 2 unspecified atom stereocenters. The highest BCUT2D eigenvalue weighted by Crippen LogP contribution is 2.26. The van der Waals surface area contributed by atoms with Crippen LogP contribution in [0.4, 0.5) is 0 Å². The normalized spacial score (nSPS) is 25.1. The smallest absolute Gasteiger partial charge is 0.242 e. The van der Waals surface area contributed by atoms with E-state index in [1.165, 1.54) is 19.3 Å². The van der Waals surface area contributed by atoms with Gasteiger partial charge in [-0.15, -0.1) is 10.2 Å². The molecule has 1 fully saturated rings. The first-order valence-electron chi connectivity index (χ1n) is 6.46. The van der Waals surface area contributed by atoms with E-state index in [4.69, 9.17) is 14.9 Å². The van der Waals surface area contributed by atoms with Gasteiger partial charge in [-0.25, -0.2) is 0 Å². The van der Waals surface area contributed by atoms with Crippen molar-refractivity contribution in [2.45, 2.75) is 51.7 Å². The molecule has 2 atom stereocenters. The van der Waals surface area contributed by atoms with Gasteiger partial charge in [0.15, 0.2) is 0 Å². The molecule has 0 aromatic carbocycles. The van der Waals surface area contributed by atoms with Crippen LogP contribution in [0.1, 0.15) is 44.4 Å². The highest BCUT2D eigenvalue weighted by molar-refractivity contribution is 4.81. The van der Waals surface area contributed by atoms with Gasteiger partial charge in [-0.3, -0.25) is 0 Å². The minimum absolute atomic E-state index is 0.255. The largest absolute Gasteiger partial charge is 0.423 e. The van der Waals surface area contributed by atoms with Gasteiger partial charge in [0.25, 0.3) is 0 Å². The van der Waals surface area contributed by atoms with E-state index in [1.807, 2.05) is 6.92 Å². The third-order valence-corrected chi connectivity index (χ3v) is 3.37. The fourth-order valence-corrected chi connectivity index (χ4v) is 2.33. The molecule has 1 aliphatic carbocycles. The van der Waals surface area contributed by atoms with Crippen molar-refractivity contribution in [1.29, 1.82) is 0 Å². The molecule has 0 radical (unpaired) electrons. The lowest BCUT2D eigenvalue weighted by molar-refractivity contribution is -0.0266. The predicted molar refractivity (Wildman–Crippen MR) is 63.3 cm³/mol. The molecule has 5 nitrogen and oxygen atoms in total. The number of rotatable bonds is 5. The van der Waals surface area contributed by atoms with Crippen molar-refractivity contribution < 1.29 is 9.15 Å². The maximum absolute atomic E-state index is 5.85. The Labute approximate surface area is 102 Å². The van der Waals surface area contributed by atoms with E-state index in [2.05, 4.69) is 10.2 Å². The summed E-state index contributed by atoms with van der Waals surface area (Å²) in [6, 6.07) is 0. The predicted octanol–water partition coefficient (Wildman–Crippen LogP) is 1.67. The molecule has 1 aromatic rings. The minimum atomic E-state index is 0.255. The molecular formula is C12H21N3O2. The summed E-state index contributed by atoms with van der Waals surface area (Å²) in [7, 11) is 0. The molecule has 0 saturated heterocycles. The van der Waals surface area contributed by atoms with Gasteiger partial charge in [-0.05, 0) is 25.3 Å². The van der Waals surface area contributed by atoms with Gasteiger partial charge >= 0.3 is 0 Å². The van der Waals surface area contributed by atoms with Gasteiger partial charge in [0, 0.05) is 6.42 Å². The van der Waals surface area contributed by atoms with Crippen molar-refractivity contribution in [2.75, 3.05) is 6.54 Å². The Hall–Kier alpha value is -0.940. The third kappa shape index (κ3) is 3.26. The zero-order valence-electron chi connectivity index (χ0n) is 10.4. The van der Waals surface area contributed by atoms with Gasteiger partial charge in [-0.2, -0.15) is 0 Å². The van der Waals surface area contributed by atoms with Gasteiger partial charge in [0.2, 0.25) is 11.8 Å². The quantitative estimate of drug-likeness (QED) is 0.846. The standard InChI is InChI=1S/C12H21N3O2/c1-2-11-14-15-12(17-11)8-16-10-6-4-3-5-9(10)7-13/h9-10H,2-8,13H2,1H3. The fraction of sp³-hybridized carbons (Fsp3) is 0.833. The molecule has 0 aliphatic heterocycles. The summed E-state index contributed by atoms with van der Waals surface area (Å²) in [4.78, 5) is 0. The molecule has 2 N–H and O–H groups in total. The summed E-state index contributed by atoms with van der Waals surface area (Å²) in [5.74, 6) is 1.73. The summed E-state index contributed by atoms with van der Waals surface area (Å²) in [5, 5.41) is 7.87. The van der Waals surface area contributed by atoms with E-state index in [1.54, 1.807) is 0 Å². The van der Waals surface area contributed by atoms with E-state index < -0.39 is 0 Å². The first-order valence-corrected chi connectivity index (χ1v) is 6.46. The first kappa shape index (κ1) is 12.5. The van der Waals surface area contributed by atoms with Crippen LogP contribution in [-0.2, 0) is 17.8 Å². The van der Waals surface area contributed by atoms with Crippen LogP contribution in [0.15, 0.2) is 4.42 Å². The summed E-state index contributed by atoms with van der Waals surface area (Å²) < 4.78 is 11.3. The summed E-state index contributed by atoms with van der Waals surface area (Å²) >= 11 is 0. The van der Waals surface area contributed by atoms with Crippen molar-refractivity contribution in [1.82, 2.24) is 10.2 Å². The van der Waals surface area contributed by atoms with Crippen LogP contribution in [0.2, 0.25) is 0 Å². The maximum atomic E-state index is 5.85. The topological polar surface area (TPSA) is 74.2 Å². The molecule has 0 bridgehead atoms. The molecule has 17 heavy (non-hydrogen) atoms. The van der Waals surface area contributed by atoms with E-state index in [0.29, 0.717) is 30.9 Å². The van der Waals surface area contributed by atoms with Gasteiger partial charge < -0.3 is 14.9 Å². The SMILES string of the molecule is CCc1nnc(COC2CCCCC2CN)o1. The lowest BCUT2D eigenvalue weighted by Crippen LogP contribution is -2.33. The Bertz CT molecular complexity index is 340. The van der Waals surface area contributed by atoms with Crippen LogP contribution in [0, 0.1) is 5.92 Å². The van der Waals surface area contributed by atoms with Crippen molar-refractivity contribution >= 4 is 0 Å². The average molecular weight is 239 g/mol. The number of aromatic nitrogens is 2. The lowest BCUT2D eigenvalue weighted by Gasteiger charge is -2.30. The number of nitrogens with two attached hydrogens (primary N) is 1. The Morgan fingerprint density at radius 3 is 2.76 bits per heavy atom. The van der Waals surface area contributed by atoms with Crippen molar-refractivity contribution in [3.63, 3.8) is 0 Å². The molecule has 0 amide bonds. The van der Waals surface area contributed by atoms with Crippen LogP contribution in [0.3, 0.4) is 0 Å². The zero-order valence-corrected chi connectivity index (χ0v) is 10.4. The molecule has 1 saturated carbocycles. The second-order valence-electron chi connectivity index (χ2n) is 4.57. The molecular weight excluding hydrogens is 218 g/mol. The maximum Gasteiger partial charge on any atom is 0.242 e. The summed E-state index contributed by atoms with van der Waals surface area (Å²) in [6.07, 6.45) is 5.78. The van der Waals surface area contributed by atoms with E-state index in [0.717, 1.165) is 12.8 Å². The van der Waals surface area contributed by atoms with Crippen LogP contribution >= 0.6 is 0 Å². The van der Waals surface area contributed by atoms with Crippen molar-refractivity contribution in [3.05, 3.63) is 11.8 Å². The highest BCUT2D eigenvalue weighted by atomic mass is 16.5. The van der Waals surface area contributed by atoms with Gasteiger partial charge in [-0.1, -0.05) is 19.8 Å². The lowest BCUT2D eigenvalue weighted by atomic mass is 9.86. The van der Waals surface area contributed by atoms with Crippen LogP contribution in [0.5, 0.6) is 0 Å². The Balaban J connectivity index is 1.83. The number of hydrogen-bond acceptors (Lipinski definition) is 5. The number of ether oxygens (including phenoxy) is 1. The first-order chi connectivity index (χ1) is 8.33. The Kier molecular flexibility index (Phi) is 4.50. The third-order valence-electron chi connectivity index (χ3n) is 3.37. The fourth-order valence-electron chi connectivity index (χ4n) is 2.33. The summed E-state index contributed by atoms with van der Waals surface area (Å²) in [6.45, 7) is 3.10. The second-order valence-corrected chi connectivity index (χ2v) is 4.57. The highest BCUT2D eigenvalue weighted by Gasteiger charge is 2.25. The number of nitrogens with zero attached hydrogens (tertiary/aromatic N) is 2. The van der Waals surface area contributed by atoms with Crippen molar-refractivity contribution in [3.8, 4) is 0 Å². The van der Waals surface area contributed by atoms with E-state index >= 15 is 0 Å². The van der Waals surface area contributed by atoms with Gasteiger partial charge in [0.05, 0.1) is 6.10 Å². The number of aryl methyl sites for hydroxylation is 1. The van der Waals surface area contributed by atoms with Crippen LogP contribution in [-0.4, -0.2) is 22.8 Å². The number of hydrogen-bond donors (Lipinski definition) is 1. The molecule has 1 aliphatic rings. The summed E-state index contributed by atoms with van der Waals surface area (Å²) in [5.41, 5.74) is 5.76. The van der Waals surface area contributed by atoms with Crippen LogP contribution in [0.25, 0.3) is 0 Å². The van der Waals surface area contributed by atoms with Crippen molar-refractivity contribution in [2.24, 2.45) is 11.7 Å². The van der Waals surface area contributed by atoms with Gasteiger partial charge in [0.1, 0.15) is 6.61 Å². The van der Waals surface area contributed by atoms with E-state index in [9.17, 15) is 0 Å². The Morgan fingerprint density at radius 1 is 1.29 bits per heavy atom. The molecule has 2 rings (SSSR count).